The first-order valence-corrected chi connectivity index (χ1v) is 6.34. The van der Waals surface area contributed by atoms with E-state index < -0.39 is 0 Å². The molecular formula is C15H20N2O. The van der Waals surface area contributed by atoms with E-state index in [9.17, 15) is 4.79 Å². The summed E-state index contributed by atoms with van der Waals surface area (Å²) < 4.78 is 2.04. The Labute approximate surface area is 108 Å². The second kappa shape index (κ2) is 4.94. The zero-order valence-electron chi connectivity index (χ0n) is 11.5. The lowest BCUT2D eigenvalue weighted by molar-refractivity contribution is 0.0993. The summed E-state index contributed by atoms with van der Waals surface area (Å²) in [4.78, 5) is 12.2. The first-order chi connectivity index (χ1) is 8.54. The molecule has 0 fully saturated rings. The van der Waals surface area contributed by atoms with E-state index in [1.54, 1.807) is 0 Å². The fraction of sp³-hybridized carbons (Fsp3) is 0.400. The van der Waals surface area contributed by atoms with E-state index in [-0.39, 0.29) is 5.78 Å². The summed E-state index contributed by atoms with van der Waals surface area (Å²) in [5.41, 5.74) is 4.36. The average molecular weight is 244 g/mol. The van der Waals surface area contributed by atoms with Crippen LogP contribution in [0, 0.1) is 13.8 Å². The van der Waals surface area contributed by atoms with E-state index in [0.717, 1.165) is 23.0 Å². The number of hydrogen-bond donors (Lipinski definition) is 1. The van der Waals surface area contributed by atoms with E-state index in [1.165, 1.54) is 11.1 Å². The van der Waals surface area contributed by atoms with Crippen molar-refractivity contribution >= 4 is 16.7 Å². The van der Waals surface area contributed by atoms with Crippen molar-refractivity contribution in [1.82, 2.24) is 9.88 Å². The summed E-state index contributed by atoms with van der Waals surface area (Å²) in [5.74, 6) is 0.161. The maximum Gasteiger partial charge on any atom is 0.178 e. The number of aromatic nitrogens is 1. The third-order valence-corrected chi connectivity index (χ3v) is 3.27. The molecule has 0 amide bonds. The molecule has 0 aliphatic heterocycles. The van der Waals surface area contributed by atoms with Crippen LogP contribution >= 0.6 is 0 Å². The molecule has 0 bridgehead atoms. The van der Waals surface area contributed by atoms with Crippen molar-refractivity contribution in [3.8, 4) is 0 Å². The number of benzene rings is 1. The number of nitrogens with zero attached hydrogens (tertiary/aromatic N) is 1. The number of rotatable bonds is 4. The smallest absolute Gasteiger partial charge is 0.178 e. The zero-order chi connectivity index (χ0) is 13.3. The van der Waals surface area contributed by atoms with Crippen LogP contribution < -0.4 is 5.32 Å². The molecule has 0 aliphatic carbocycles. The minimum Gasteiger partial charge on any atom is -0.350 e. The van der Waals surface area contributed by atoms with Crippen LogP contribution in [0.15, 0.2) is 18.3 Å². The van der Waals surface area contributed by atoms with Gasteiger partial charge in [0, 0.05) is 29.7 Å². The molecule has 1 aromatic heterocycles. The van der Waals surface area contributed by atoms with Crippen molar-refractivity contribution in [2.24, 2.45) is 7.05 Å². The molecule has 96 valence electrons. The molecule has 0 saturated carbocycles. The van der Waals surface area contributed by atoms with E-state index in [4.69, 9.17) is 0 Å². The number of ketones is 1. The van der Waals surface area contributed by atoms with Crippen molar-refractivity contribution in [3.05, 3.63) is 35.0 Å². The second-order valence-electron chi connectivity index (χ2n) is 4.83. The van der Waals surface area contributed by atoms with Gasteiger partial charge in [0.15, 0.2) is 5.78 Å². The minimum atomic E-state index is 0.161. The van der Waals surface area contributed by atoms with Crippen LogP contribution in [0.4, 0.5) is 0 Å². The number of carbonyl (C=O) groups is 1. The highest BCUT2D eigenvalue weighted by Crippen LogP contribution is 2.26. The second-order valence-corrected chi connectivity index (χ2v) is 4.83. The van der Waals surface area contributed by atoms with Crippen LogP contribution in [-0.2, 0) is 7.05 Å². The van der Waals surface area contributed by atoms with Gasteiger partial charge in [-0.1, -0.05) is 13.0 Å². The normalized spacial score (nSPS) is 11.1. The number of fused-ring (bicyclic) bond motifs is 1. The topological polar surface area (TPSA) is 34.0 Å². The van der Waals surface area contributed by atoms with Crippen LogP contribution in [0.25, 0.3) is 10.9 Å². The van der Waals surface area contributed by atoms with Gasteiger partial charge in [0.1, 0.15) is 0 Å². The third kappa shape index (κ3) is 2.18. The van der Waals surface area contributed by atoms with Crippen molar-refractivity contribution in [2.45, 2.75) is 20.8 Å². The molecule has 2 rings (SSSR count). The lowest BCUT2D eigenvalue weighted by Gasteiger charge is -2.04. The number of nitrogens with one attached hydrogen (secondary N) is 1. The maximum absolute atomic E-state index is 12.2. The SMILES string of the molecule is CCNCC(=O)c1cn(C)c2cc(C)cc(C)c12. The minimum absolute atomic E-state index is 0.161. The molecular weight excluding hydrogens is 224 g/mol. The summed E-state index contributed by atoms with van der Waals surface area (Å²) in [6.45, 7) is 7.38. The first-order valence-electron chi connectivity index (χ1n) is 6.34. The quantitative estimate of drug-likeness (QED) is 0.839. The number of aryl methyl sites for hydroxylation is 3. The Morgan fingerprint density at radius 3 is 2.72 bits per heavy atom. The molecule has 3 heteroatoms. The van der Waals surface area contributed by atoms with Gasteiger partial charge in [-0.05, 0) is 37.6 Å². The van der Waals surface area contributed by atoms with E-state index >= 15 is 0 Å². The van der Waals surface area contributed by atoms with Crippen LogP contribution in [0.2, 0.25) is 0 Å². The van der Waals surface area contributed by atoms with Gasteiger partial charge in [0.2, 0.25) is 0 Å². The highest BCUT2D eigenvalue weighted by molar-refractivity contribution is 6.10. The molecule has 0 aliphatic rings. The molecule has 0 radical (unpaired) electrons. The van der Waals surface area contributed by atoms with Crippen LogP contribution in [0.3, 0.4) is 0 Å². The molecule has 1 N–H and O–H groups in total. The van der Waals surface area contributed by atoms with Gasteiger partial charge >= 0.3 is 0 Å². The molecule has 2 aromatic rings. The Morgan fingerprint density at radius 2 is 2.06 bits per heavy atom. The summed E-state index contributed by atoms with van der Waals surface area (Å²) in [6, 6.07) is 4.26. The molecule has 18 heavy (non-hydrogen) atoms. The van der Waals surface area contributed by atoms with Crippen molar-refractivity contribution in [2.75, 3.05) is 13.1 Å². The summed E-state index contributed by atoms with van der Waals surface area (Å²) >= 11 is 0. The lowest BCUT2D eigenvalue weighted by atomic mass is 10.0. The fourth-order valence-corrected chi connectivity index (χ4v) is 2.45. The third-order valence-electron chi connectivity index (χ3n) is 3.27. The largest absolute Gasteiger partial charge is 0.350 e. The van der Waals surface area contributed by atoms with Gasteiger partial charge in [-0.3, -0.25) is 4.79 Å². The van der Waals surface area contributed by atoms with Gasteiger partial charge < -0.3 is 9.88 Å². The van der Waals surface area contributed by atoms with Crippen LogP contribution in [0.5, 0.6) is 0 Å². The first kappa shape index (κ1) is 12.8. The van der Waals surface area contributed by atoms with Gasteiger partial charge in [-0.25, -0.2) is 0 Å². The highest BCUT2D eigenvalue weighted by Gasteiger charge is 2.15. The Morgan fingerprint density at radius 1 is 1.33 bits per heavy atom. The summed E-state index contributed by atoms with van der Waals surface area (Å²) in [7, 11) is 1.99. The molecule has 0 saturated heterocycles. The zero-order valence-corrected chi connectivity index (χ0v) is 11.5. The number of Topliss-reactive ketones (excluding diaryl/α,β-unsaturated/α-hetero) is 1. The van der Waals surface area contributed by atoms with E-state index in [1.807, 2.05) is 24.7 Å². The monoisotopic (exact) mass is 244 g/mol. The van der Waals surface area contributed by atoms with Gasteiger partial charge in [0.05, 0.1) is 6.54 Å². The Hall–Kier alpha value is -1.61. The number of carbonyl (C=O) groups excluding carboxylic acids is 1. The highest BCUT2D eigenvalue weighted by atomic mass is 16.1. The predicted octanol–water partition coefficient (Wildman–Crippen LogP) is 2.59. The van der Waals surface area contributed by atoms with E-state index in [0.29, 0.717) is 6.54 Å². The number of hydrogen-bond acceptors (Lipinski definition) is 2. The number of likely N-dealkylation sites (N-methyl/N-ethyl adjacent to an activating group) is 1. The van der Waals surface area contributed by atoms with Crippen LogP contribution in [-0.4, -0.2) is 23.4 Å². The van der Waals surface area contributed by atoms with Crippen molar-refractivity contribution in [3.63, 3.8) is 0 Å². The molecule has 0 atom stereocenters. The van der Waals surface area contributed by atoms with Crippen molar-refractivity contribution < 1.29 is 4.79 Å². The van der Waals surface area contributed by atoms with Gasteiger partial charge in [-0.15, -0.1) is 0 Å². The molecule has 3 nitrogen and oxygen atoms in total. The fourth-order valence-electron chi connectivity index (χ4n) is 2.45. The van der Waals surface area contributed by atoms with Crippen molar-refractivity contribution in [1.29, 1.82) is 0 Å². The maximum atomic E-state index is 12.2. The lowest BCUT2D eigenvalue weighted by Crippen LogP contribution is -2.22. The molecule has 0 spiro atoms. The van der Waals surface area contributed by atoms with Crippen LogP contribution in [0.1, 0.15) is 28.4 Å². The Kier molecular flexibility index (Phi) is 3.53. The summed E-state index contributed by atoms with van der Waals surface area (Å²) in [5, 5.41) is 4.18. The molecule has 1 aromatic carbocycles. The Bertz CT molecular complexity index is 596. The average Bonchev–Trinajstić information content (AvgIpc) is 2.64. The molecule has 1 heterocycles. The van der Waals surface area contributed by atoms with E-state index in [2.05, 4.69) is 31.3 Å². The Balaban J connectivity index is 2.55. The predicted molar refractivity (Wildman–Crippen MR) is 75.3 cm³/mol. The van der Waals surface area contributed by atoms with Gasteiger partial charge in [-0.2, -0.15) is 0 Å². The standard InChI is InChI=1S/C15H20N2O/c1-5-16-8-14(18)12-9-17(4)13-7-10(2)6-11(3)15(12)13/h6-7,9,16H,5,8H2,1-4H3. The molecule has 0 unspecified atom stereocenters. The summed E-state index contributed by atoms with van der Waals surface area (Å²) in [6.07, 6.45) is 1.94. The van der Waals surface area contributed by atoms with Gasteiger partial charge in [0.25, 0.3) is 0 Å².